The van der Waals surface area contributed by atoms with Crippen molar-refractivity contribution in [2.45, 2.75) is 19.3 Å². The first-order chi connectivity index (χ1) is 10.7. The third-order valence-electron chi connectivity index (χ3n) is 3.67. The number of nitrogens with one attached hydrogen (secondary N) is 1. The number of piperidine rings is 1. The lowest BCUT2D eigenvalue weighted by molar-refractivity contribution is 0.102. The molecule has 1 fully saturated rings. The molecule has 1 N–H and O–H groups in total. The van der Waals surface area contributed by atoms with Gasteiger partial charge in [0.2, 0.25) is 0 Å². The first-order valence-electron chi connectivity index (χ1n) is 7.37. The molecule has 0 spiro atoms. The fraction of sp³-hybridized carbons (Fsp3) is 0.312. The van der Waals surface area contributed by atoms with E-state index in [2.05, 4.69) is 20.2 Å². The summed E-state index contributed by atoms with van der Waals surface area (Å²) in [7, 11) is 0. The number of benzene rings is 1. The van der Waals surface area contributed by atoms with Crippen molar-refractivity contribution in [3.05, 3.63) is 47.4 Å². The number of hydrogen-bond acceptors (Lipinski definition) is 4. The Balaban J connectivity index is 1.69. The Labute approximate surface area is 134 Å². The topological polar surface area (TPSA) is 58.1 Å². The number of halogens is 1. The third-order valence-corrected chi connectivity index (χ3v) is 4.00. The van der Waals surface area contributed by atoms with Crippen molar-refractivity contribution in [3.63, 3.8) is 0 Å². The molecule has 2 aromatic rings. The average Bonchev–Trinajstić information content (AvgIpc) is 2.58. The van der Waals surface area contributed by atoms with Crippen molar-refractivity contribution in [2.24, 2.45) is 0 Å². The van der Waals surface area contributed by atoms with Gasteiger partial charge in [0, 0.05) is 13.1 Å². The lowest BCUT2D eigenvalue weighted by Gasteiger charge is -2.27. The van der Waals surface area contributed by atoms with Gasteiger partial charge in [-0.05, 0) is 31.4 Å². The minimum absolute atomic E-state index is 0.278. The second kappa shape index (κ2) is 6.75. The maximum atomic E-state index is 12.2. The van der Waals surface area contributed by atoms with Crippen LogP contribution in [0.15, 0.2) is 36.7 Å². The van der Waals surface area contributed by atoms with Crippen LogP contribution in [0.4, 0.5) is 11.5 Å². The van der Waals surface area contributed by atoms with E-state index in [9.17, 15) is 4.79 Å². The molecule has 1 aliphatic rings. The van der Waals surface area contributed by atoms with Gasteiger partial charge in [0.25, 0.3) is 5.91 Å². The van der Waals surface area contributed by atoms with Crippen molar-refractivity contribution >= 4 is 29.0 Å². The first-order valence-corrected chi connectivity index (χ1v) is 7.75. The smallest absolute Gasteiger partial charge is 0.275 e. The van der Waals surface area contributed by atoms with E-state index in [1.807, 2.05) is 12.1 Å². The van der Waals surface area contributed by atoms with Gasteiger partial charge < -0.3 is 10.2 Å². The molecule has 1 aromatic heterocycles. The van der Waals surface area contributed by atoms with Crippen molar-refractivity contribution in [2.75, 3.05) is 23.3 Å². The molecule has 6 heteroatoms. The number of para-hydroxylation sites is 1. The van der Waals surface area contributed by atoms with Crippen molar-refractivity contribution in [1.29, 1.82) is 0 Å². The summed E-state index contributed by atoms with van der Waals surface area (Å²) in [6, 6.07) is 7.09. The summed E-state index contributed by atoms with van der Waals surface area (Å²) in [6.07, 6.45) is 6.79. The fourth-order valence-corrected chi connectivity index (χ4v) is 2.66. The van der Waals surface area contributed by atoms with Crippen LogP contribution in [-0.4, -0.2) is 29.0 Å². The molecule has 1 aliphatic heterocycles. The summed E-state index contributed by atoms with van der Waals surface area (Å²) in [5.74, 6) is 0.514. The highest BCUT2D eigenvalue weighted by atomic mass is 35.5. The summed E-state index contributed by atoms with van der Waals surface area (Å²) < 4.78 is 0. The van der Waals surface area contributed by atoms with E-state index >= 15 is 0 Å². The van der Waals surface area contributed by atoms with Crippen LogP contribution in [0, 0.1) is 0 Å². The summed E-state index contributed by atoms with van der Waals surface area (Å²) in [5, 5.41) is 3.23. The lowest BCUT2D eigenvalue weighted by atomic mass is 10.1. The summed E-state index contributed by atoms with van der Waals surface area (Å²) in [6.45, 7) is 2.00. The predicted octanol–water partition coefficient (Wildman–Crippen LogP) is 3.37. The van der Waals surface area contributed by atoms with Crippen molar-refractivity contribution in [3.8, 4) is 0 Å². The number of carbonyl (C=O) groups is 1. The van der Waals surface area contributed by atoms with Crippen LogP contribution in [0.3, 0.4) is 0 Å². The molecule has 5 nitrogen and oxygen atoms in total. The minimum Gasteiger partial charge on any atom is -0.355 e. The van der Waals surface area contributed by atoms with E-state index in [-0.39, 0.29) is 11.6 Å². The zero-order valence-corrected chi connectivity index (χ0v) is 12.9. The van der Waals surface area contributed by atoms with Crippen LogP contribution in [0.5, 0.6) is 0 Å². The van der Waals surface area contributed by atoms with Crippen molar-refractivity contribution < 1.29 is 4.79 Å². The summed E-state index contributed by atoms with van der Waals surface area (Å²) >= 11 is 6.03. The maximum Gasteiger partial charge on any atom is 0.275 e. The second-order valence-electron chi connectivity index (χ2n) is 5.24. The normalized spacial score (nSPS) is 14.7. The minimum atomic E-state index is -0.314. The SMILES string of the molecule is O=C(Nc1ccccc1Cl)c1cnc(N2CCCCC2)cn1. The highest BCUT2D eigenvalue weighted by Crippen LogP contribution is 2.21. The highest BCUT2D eigenvalue weighted by Gasteiger charge is 2.14. The van der Waals surface area contributed by atoms with Gasteiger partial charge in [0.1, 0.15) is 11.5 Å². The Morgan fingerprint density at radius 3 is 2.55 bits per heavy atom. The fourth-order valence-electron chi connectivity index (χ4n) is 2.47. The van der Waals surface area contributed by atoms with E-state index in [4.69, 9.17) is 11.6 Å². The monoisotopic (exact) mass is 316 g/mol. The van der Waals surface area contributed by atoms with Gasteiger partial charge in [-0.1, -0.05) is 23.7 Å². The molecular weight excluding hydrogens is 300 g/mol. The number of carbonyl (C=O) groups excluding carboxylic acids is 1. The number of anilines is 2. The molecule has 1 aromatic carbocycles. The quantitative estimate of drug-likeness (QED) is 0.943. The standard InChI is InChI=1S/C16H17ClN4O/c17-12-6-2-3-7-13(12)20-16(22)14-10-19-15(11-18-14)21-8-4-1-5-9-21/h2-3,6-7,10-11H,1,4-5,8-9H2,(H,20,22). The molecule has 0 bridgehead atoms. The molecular formula is C16H17ClN4O. The molecule has 1 saturated heterocycles. The molecule has 0 unspecified atom stereocenters. The van der Waals surface area contributed by atoms with Crippen LogP contribution >= 0.6 is 11.6 Å². The largest absolute Gasteiger partial charge is 0.355 e. The van der Waals surface area contributed by atoms with Gasteiger partial charge in [-0.2, -0.15) is 0 Å². The number of hydrogen-bond donors (Lipinski definition) is 1. The molecule has 3 rings (SSSR count). The molecule has 0 saturated carbocycles. The number of aromatic nitrogens is 2. The molecule has 114 valence electrons. The molecule has 0 radical (unpaired) electrons. The van der Waals surface area contributed by atoms with Gasteiger partial charge in [0.15, 0.2) is 0 Å². The molecule has 0 aliphatic carbocycles. The van der Waals surface area contributed by atoms with E-state index in [0.717, 1.165) is 18.9 Å². The predicted molar refractivity (Wildman–Crippen MR) is 87.5 cm³/mol. The molecule has 1 amide bonds. The molecule has 22 heavy (non-hydrogen) atoms. The van der Waals surface area contributed by atoms with E-state index < -0.39 is 0 Å². The van der Waals surface area contributed by atoms with Gasteiger partial charge in [-0.25, -0.2) is 9.97 Å². The molecule has 0 atom stereocenters. The van der Waals surface area contributed by atoms with Crippen LogP contribution in [0.25, 0.3) is 0 Å². The first kappa shape index (κ1) is 14.8. The highest BCUT2D eigenvalue weighted by molar-refractivity contribution is 6.33. The Bertz CT molecular complexity index is 653. The third kappa shape index (κ3) is 3.36. The summed E-state index contributed by atoms with van der Waals surface area (Å²) in [5.41, 5.74) is 0.844. The summed E-state index contributed by atoms with van der Waals surface area (Å²) in [4.78, 5) is 22.9. The van der Waals surface area contributed by atoms with E-state index in [1.54, 1.807) is 18.3 Å². The second-order valence-corrected chi connectivity index (χ2v) is 5.65. The van der Waals surface area contributed by atoms with Gasteiger partial charge >= 0.3 is 0 Å². The van der Waals surface area contributed by atoms with Crippen LogP contribution in [0.2, 0.25) is 5.02 Å². The Morgan fingerprint density at radius 2 is 1.86 bits per heavy atom. The Hall–Kier alpha value is -2.14. The van der Waals surface area contributed by atoms with Crippen LogP contribution < -0.4 is 10.2 Å². The van der Waals surface area contributed by atoms with E-state index in [0.29, 0.717) is 10.7 Å². The zero-order valence-electron chi connectivity index (χ0n) is 12.1. The van der Waals surface area contributed by atoms with Gasteiger partial charge in [-0.3, -0.25) is 4.79 Å². The van der Waals surface area contributed by atoms with Gasteiger partial charge in [0.05, 0.1) is 23.1 Å². The average molecular weight is 317 g/mol. The lowest BCUT2D eigenvalue weighted by Crippen LogP contribution is -2.30. The zero-order chi connectivity index (χ0) is 15.4. The Morgan fingerprint density at radius 1 is 1.09 bits per heavy atom. The number of amides is 1. The number of rotatable bonds is 3. The van der Waals surface area contributed by atoms with Crippen LogP contribution in [-0.2, 0) is 0 Å². The Kier molecular flexibility index (Phi) is 4.53. The molecule has 2 heterocycles. The van der Waals surface area contributed by atoms with Gasteiger partial charge in [-0.15, -0.1) is 0 Å². The maximum absolute atomic E-state index is 12.2. The van der Waals surface area contributed by atoms with Crippen LogP contribution in [0.1, 0.15) is 29.8 Å². The number of nitrogens with zero attached hydrogens (tertiary/aromatic N) is 3. The van der Waals surface area contributed by atoms with Crippen molar-refractivity contribution in [1.82, 2.24) is 9.97 Å². The van der Waals surface area contributed by atoms with E-state index in [1.165, 1.54) is 25.5 Å².